The molecule has 9 heteroatoms. The van der Waals surface area contributed by atoms with Crippen molar-refractivity contribution in [3.8, 4) is 5.75 Å². The first kappa shape index (κ1) is 26.4. The van der Waals surface area contributed by atoms with Gasteiger partial charge < -0.3 is 15.0 Å². The molecule has 2 aliphatic heterocycles. The Morgan fingerprint density at radius 3 is 2.36 bits per heavy atom. The number of thiocarbonyl (C=S) groups is 1. The smallest absolute Gasteiger partial charge is 0.252 e. The van der Waals surface area contributed by atoms with E-state index in [1.165, 1.54) is 17.4 Å². The van der Waals surface area contributed by atoms with E-state index >= 15 is 0 Å². The third kappa shape index (κ3) is 6.19. The average molecular weight is 527 g/mol. The fraction of sp³-hybridized carbons (Fsp3) is 0.444. The maximum absolute atomic E-state index is 13.4. The van der Waals surface area contributed by atoms with Gasteiger partial charge in [0.15, 0.2) is 0 Å². The van der Waals surface area contributed by atoms with E-state index in [1.807, 2.05) is 44.2 Å². The number of piperazine rings is 1. The van der Waals surface area contributed by atoms with Crippen LogP contribution in [0.15, 0.2) is 54.6 Å². The molecule has 0 spiro atoms. The van der Waals surface area contributed by atoms with E-state index in [-0.39, 0.29) is 11.8 Å². The number of nitrogens with one attached hydrogen (secondary N) is 1. The summed E-state index contributed by atoms with van der Waals surface area (Å²) in [6.07, 6.45) is 0.828. The second-order valence-electron chi connectivity index (χ2n) is 9.61. The van der Waals surface area contributed by atoms with Gasteiger partial charge in [0, 0.05) is 48.7 Å². The van der Waals surface area contributed by atoms with Gasteiger partial charge in [-0.15, -0.1) is 0 Å². The highest BCUT2D eigenvalue weighted by atomic mass is 32.2. The van der Waals surface area contributed by atoms with Gasteiger partial charge in [0.25, 0.3) is 11.8 Å². The van der Waals surface area contributed by atoms with E-state index in [0.29, 0.717) is 16.4 Å². The largest absolute Gasteiger partial charge is 0.497 e. The van der Waals surface area contributed by atoms with E-state index in [1.54, 1.807) is 24.1 Å². The summed E-state index contributed by atoms with van der Waals surface area (Å²) in [6.45, 7) is 9.24. The van der Waals surface area contributed by atoms with E-state index < -0.39 is 10.8 Å². The molecule has 4 rings (SSSR count). The molecular formula is C27H34N4O3S2. The number of anilines is 1. The summed E-state index contributed by atoms with van der Waals surface area (Å²) in [6, 6.07) is 16.5. The molecule has 0 aromatic heterocycles. The molecule has 1 unspecified atom stereocenters. The highest BCUT2D eigenvalue weighted by Crippen LogP contribution is 2.36. The van der Waals surface area contributed by atoms with Crippen molar-refractivity contribution >= 4 is 45.8 Å². The lowest BCUT2D eigenvalue weighted by Crippen LogP contribution is -2.62. The fourth-order valence-corrected chi connectivity index (χ4v) is 6.44. The first-order valence-electron chi connectivity index (χ1n) is 12.3. The van der Waals surface area contributed by atoms with E-state index in [0.717, 1.165) is 44.9 Å². The van der Waals surface area contributed by atoms with Crippen molar-refractivity contribution in [2.45, 2.75) is 31.1 Å². The van der Waals surface area contributed by atoms with Crippen LogP contribution < -0.4 is 15.0 Å². The molecule has 1 N–H and O–H groups in total. The van der Waals surface area contributed by atoms with Crippen LogP contribution in [0.4, 0.5) is 5.69 Å². The minimum absolute atomic E-state index is 0.127. The first-order chi connectivity index (χ1) is 17.3. The molecule has 2 aliphatic rings. The molecule has 0 saturated carbocycles. The van der Waals surface area contributed by atoms with Gasteiger partial charge in [-0.3, -0.25) is 19.4 Å². The number of carbonyl (C=O) groups excluding carboxylic acids is 2. The van der Waals surface area contributed by atoms with Crippen molar-refractivity contribution < 1.29 is 14.3 Å². The molecule has 0 bridgehead atoms. The van der Waals surface area contributed by atoms with E-state index in [2.05, 4.69) is 27.2 Å². The minimum atomic E-state index is -0.644. The average Bonchev–Trinajstić information content (AvgIpc) is 2.89. The van der Waals surface area contributed by atoms with Gasteiger partial charge in [0.05, 0.1) is 7.11 Å². The van der Waals surface area contributed by atoms with Crippen LogP contribution in [0.3, 0.4) is 0 Å². The van der Waals surface area contributed by atoms with Gasteiger partial charge in [0.1, 0.15) is 16.1 Å². The Balaban J connectivity index is 1.28. The lowest BCUT2D eigenvalue weighted by Gasteiger charge is -2.43. The Hall–Kier alpha value is -2.62. The third-order valence-corrected chi connectivity index (χ3v) is 8.38. The van der Waals surface area contributed by atoms with Crippen molar-refractivity contribution in [1.29, 1.82) is 0 Å². The number of hydrogen-bond donors (Lipinski definition) is 1. The van der Waals surface area contributed by atoms with Crippen molar-refractivity contribution in [3.63, 3.8) is 0 Å². The van der Waals surface area contributed by atoms with Crippen LogP contribution in [0.2, 0.25) is 0 Å². The molecule has 192 valence electrons. The quantitative estimate of drug-likeness (QED) is 0.527. The van der Waals surface area contributed by atoms with Crippen LogP contribution in [-0.4, -0.2) is 83.1 Å². The van der Waals surface area contributed by atoms with Crippen molar-refractivity contribution in [3.05, 3.63) is 60.2 Å². The maximum Gasteiger partial charge on any atom is 0.252 e. The number of ether oxygens (including phenoxy) is 1. The molecule has 2 aromatic carbocycles. The SMILES string of the molecule is COc1ccc(N2CCN(CCCN3C(=O)C(NC(=O)c4ccccc4)C(C)(C)SC3=S)CC2)cc1. The van der Waals surface area contributed by atoms with Crippen LogP contribution in [0.5, 0.6) is 5.75 Å². The van der Waals surface area contributed by atoms with Crippen LogP contribution in [-0.2, 0) is 4.79 Å². The number of carbonyl (C=O) groups is 2. The van der Waals surface area contributed by atoms with E-state index in [4.69, 9.17) is 17.0 Å². The highest BCUT2D eigenvalue weighted by molar-refractivity contribution is 8.24. The van der Waals surface area contributed by atoms with Gasteiger partial charge in [0.2, 0.25) is 0 Å². The van der Waals surface area contributed by atoms with E-state index in [9.17, 15) is 9.59 Å². The maximum atomic E-state index is 13.4. The summed E-state index contributed by atoms with van der Waals surface area (Å²) in [5.41, 5.74) is 1.75. The monoisotopic (exact) mass is 526 g/mol. The molecule has 2 saturated heterocycles. The number of benzene rings is 2. The standard InChI is InChI=1S/C27H34N4O3S2/c1-27(2)23(28-24(32)20-8-5-4-6-9-20)25(33)31(26(35)36-27)15-7-14-29-16-18-30(19-17-29)21-10-12-22(34-3)13-11-21/h4-6,8-13,23H,7,14-19H2,1-3H3,(H,28,32). The Morgan fingerprint density at radius 1 is 1.06 bits per heavy atom. The molecule has 2 heterocycles. The lowest BCUT2D eigenvalue weighted by molar-refractivity contribution is -0.130. The summed E-state index contributed by atoms with van der Waals surface area (Å²) >= 11 is 7.08. The number of nitrogens with zero attached hydrogens (tertiary/aromatic N) is 3. The highest BCUT2D eigenvalue weighted by Gasteiger charge is 2.46. The Morgan fingerprint density at radius 2 is 1.72 bits per heavy atom. The van der Waals surface area contributed by atoms with Crippen LogP contribution >= 0.6 is 24.0 Å². The fourth-order valence-electron chi connectivity index (χ4n) is 4.60. The van der Waals surface area contributed by atoms with Crippen LogP contribution in [0.25, 0.3) is 0 Å². The molecule has 2 fully saturated rings. The molecule has 1 atom stereocenters. The molecule has 36 heavy (non-hydrogen) atoms. The number of hydrogen-bond acceptors (Lipinski definition) is 7. The summed E-state index contributed by atoms with van der Waals surface area (Å²) in [5.74, 6) is 0.494. The summed E-state index contributed by atoms with van der Waals surface area (Å²) < 4.78 is 5.32. The Kier molecular flexibility index (Phi) is 8.54. The second kappa shape index (κ2) is 11.6. The topological polar surface area (TPSA) is 65.1 Å². The second-order valence-corrected chi connectivity index (χ2v) is 11.9. The molecular weight excluding hydrogens is 492 g/mol. The summed E-state index contributed by atoms with van der Waals surface area (Å²) in [5, 5.41) is 2.96. The number of thioether (sulfide) groups is 1. The van der Waals surface area contributed by atoms with Gasteiger partial charge in [-0.2, -0.15) is 0 Å². The summed E-state index contributed by atoms with van der Waals surface area (Å²) in [7, 11) is 1.68. The van der Waals surface area contributed by atoms with Gasteiger partial charge in [-0.1, -0.05) is 42.2 Å². The first-order valence-corrected chi connectivity index (χ1v) is 13.5. The normalized spacial score (nSPS) is 20.4. The zero-order valence-electron chi connectivity index (χ0n) is 21.1. The Bertz CT molecular complexity index is 1070. The zero-order valence-corrected chi connectivity index (χ0v) is 22.7. The molecule has 0 aliphatic carbocycles. The van der Waals surface area contributed by atoms with Crippen LogP contribution in [0, 0.1) is 0 Å². The number of methoxy groups -OCH3 is 1. The molecule has 2 amide bonds. The predicted octanol–water partition coefficient (Wildman–Crippen LogP) is 3.64. The zero-order chi connectivity index (χ0) is 25.7. The van der Waals surface area contributed by atoms with Gasteiger partial charge in [-0.05, 0) is 63.2 Å². The van der Waals surface area contributed by atoms with Gasteiger partial charge in [-0.25, -0.2) is 0 Å². The van der Waals surface area contributed by atoms with Gasteiger partial charge >= 0.3 is 0 Å². The molecule has 0 radical (unpaired) electrons. The van der Waals surface area contributed by atoms with Crippen molar-refractivity contribution in [1.82, 2.24) is 15.1 Å². The van der Waals surface area contributed by atoms with Crippen molar-refractivity contribution in [2.24, 2.45) is 0 Å². The van der Waals surface area contributed by atoms with Crippen LogP contribution in [0.1, 0.15) is 30.6 Å². The Labute approximate surface area is 223 Å². The predicted molar refractivity (Wildman–Crippen MR) is 150 cm³/mol. The number of amides is 2. The molecule has 2 aromatic rings. The summed E-state index contributed by atoms with van der Waals surface area (Å²) in [4.78, 5) is 32.7. The number of rotatable bonds is 8. The minimum Gasteiger partial charge on any atom is -0.497 e. The molecule has 7 nitrogen and oxygen atoms in total. The van der Waals surface area contributed by atoms with Crippen molar-refractivity contribution in [2.75, 3.05) is 51.3 Å². The lowest BCUT2D eigenvalue weighted by atomic mass is 10.0. The third-order valence-electron chi connectivity index (χ3n) is 6.76.